The molecule has 1 amide bonds. The van der Waals surface area contributed by atoms with Gasteiger partial charge in [0.15, 0.2) is 0 Å². The Morgan fingerprint density at radius 3 is 2.36 bits per heavy atom. The molecule has 1 N–H and O–H groups in total. The minimum Gasteiger partial charge on any atom is -0.444 e. The molecule has 0 aromatic carbocycles. The van der Waals surface area contributed by atoms with Crippen LogP contribution in [0.5, 0.6) is 0 Å². The molecule has 4 heteroatoms. The van der Waals surface area contributed by atoms with Crippen molar-refractivity contribution in [2.75, 3.05) is 13.1 Å². The zero-order valence-electron chi connectivity index (χ0n) is 9.28. The number of likely N-dealkylation sites (tertiary alicyclic amines) is 1. The first-order valence-electron chi connectivity index (χ1n) is 4.95. The Kier molecular flexibility index (Phi) is 3.04. The van der Waals surface area contributed by atoms with Crippen molar-refractivity contribution in [1.29, 1.82) is 0 Å². The lowest BCUT2D eigenvalue weighted by Crippen LogP contribution is -2.35. The third kappa shape index (κ3) is 2.87. The van der Waals surface area contributed by atoms with E-state index in [9.17, 15) is 9.90 Å². The van der Waals surface area contributed by atoms with Gasteiger partial charge in [0.05, 0.1) is 12.6 Å². The van der Waals surface area contributed by atoms with Gasteiger partial charge in [-0.3, -0.25) is 0 Å². The van der Waals surface area contributed by atoms with Crippen LogP contribution in [-0.2, 0) is 4.74 Å². The summed E-state index contributed by atoms with van der Waals surface area (Å²) in [6, 6.07) is 0. The van der Waals surface area contributed by atoms with Crippen LogP contribution in [0.2, 0.25) is 0 Å². The molecule has 1 unspecified atom stereocenters. The van der Waals surface area contributed by atoms with Gasteiger partial charge in [-0.25, -0.2) is 4.79 Å². The van der Waals surface area contributed by atoms with Crippen molar-refractivity contribution < 1.29 is 14.6 Å². The Morgan fingerprint density at radius 2 is 2.00 bits per heavy atom. The molecule has 0 aliphatic carbocycles. The minimum absolute atomic E-state index is 0.141. The summed E-state index contributed by atoms with van der Waals surface area (Å²) in [5.74, 6) is 0.141. The number of aliphatic hydroxyl groups excluding tert-OH is 1. The van der Waals surface area contributed by atoms with Crippen LogP contribution >= 0.6 is 0 Å². The fourth-order valence-electron chi connectivity index (χ4n) is 1.43. The van der Waals surface area contributed by atoms with Gasteiger partial charge in [-0.2, -0.15) is 0 Å². The second-order valence-electron chi connectivity index (χ2n) is 4.93. The third-order valence-corrected chi connectivity index (χ3v) is 2.22. The van der Waals surface area contributed by atoms with Crippen LogP contribution in [0.15, 0.2) is 0 Å². The van der Waals surface area contributed by atoms with Crippen LogP contribution < -0.4 is 0 Å². The predicted octanol–water partition coefficient (Wildman–Crippen LogP) is 1.23. The van der Waals surface area contributed by atoms with Crippen molar-refractivity contribution in [2.24, 2.45) is 5.92 Å². The van der Waals surface area contributed by atoms with Gasteiger partial charge in [0, 0.05) is 12.5 Å². The molecule has 1 aliphatic heterocycles. The molecule has 1 heterocycles. The van der Waals surface area contributed by atoms with E-state index < -0.39 is 11.7 Å². The zero-order chi connectivity index (χ0) is 10.9. The standard InChI is InChI=1S/C10H19NO3/c1-7-5-11(6-8(7)12)9(13)14-10(2,3)4/h7-8,12H,5-6H2,1-4H3/t7?,8-/m0/s1. The number of aliphatic hydroxyl groups is 1. The van der Waals surface area contributed by atoms with Crippen LogP contribution in [0.3, 0.4) is 0 Å². The molecule has 0 aromatic rings. The Hall–Kier alpha value is -0.770. The molecule has 1 aliphatic rings. The first kappa shape index (κ1) is 11.3. The maximum atomic E-state index is 11.5. The number of ether oxygens (including phenoxy) is 1. The van der Waals surface area contributed by atoms with Crippen molar-refractivity contribution in [1.82, 2.24) is 4.90 Å². The Labute approximate surface area is 84.8 Å². The largest absolute Gasteiger partial charge is 0.444 e. The minimum atomic E-state index is -0.464. The van der Waals surface area contributed by atoms with E-state index in [-0.39, 0.29) is 12.0 Å². The highest BCUT2D eigenvalue weighted by atomic mass is 16.6. The number of carbonyl (C=O) groups is 1. The molecular weight excluding hydrogens is 182 g/mol. The first-order valence-corrected chi connectivity index (χ1v) is 4.95. The molecule has 1 fully saturated rings. The summed E-state index contributed by atoms with van der Waals surface area (Å²) in [5, 5.41) is 9.47. The molecule has 0 aromatic heterocycles. The lowest BCUT2D eigenvalue weighted by atomic mass is 10.1. The Bertz CT molecular complexity index is 212. The average molecular weight is 201 g/mol. The maximum absolute atomic E-state index is 11.5. The number of amides is 1. The average Bonchev–Trinajstić information content (AvgIpc) is 2.28. The highest BCUT2D eigenvalue weighted by Gasteiger charge is 2.33. The Morgan fingerprint density at radius 1 is 1.43 bits per heavy atom. The van der Waals surface area contributed by atoms with Gasteiger partial charge in [0.1, 0.15) is 5.60 Å². The van der Waals surface area contributed by atoms with E-state index >= 15 is 0 Å². The molecule has 1 saturated heterocycles. The SMILES string of the molecule is CC1CN(C(=O)OC(C)(C)C)C[C@@H]1O. The molecule has 0 saturated carbocycles. The number of hydrogen-bond acceptors (Lipinski definition) is 3. The summed E-state index contributed by atoms with van der Waals surface area (Å²) in [7, 11) is 0. The van der Waals surface area contributed by atoms with Crippen LogP contribution in [0.25, 0.3) is 0 Å². The highest BCUT2D eigenvalue weighted by molar-refractivity contribution is 5.68. The molecule has 0 spiro atoms. The van der Waals surface area contributed by atoms with Gasteiger partial charge in [-0.15, -0.1) is 0 Å². The third-order valence-electron chi connectivity index (χ3n) is 2.22. The van der Waals surface area contributed by atoms with Gasteiger partial charge in [0.25, 0.3) is 0 Å². The van der Waals surface area contributed by atoms with E-state index in [1.54, 1.807) is 4.90 Å². The zero-order valence-corrected chi connectivity index (χ0v) is 9.28. The molecule has 2 atom stereocenters. The smallest absolute Gasteiger partial charge is 0.410 e. The summed E-state index contributed by atoms with van der Waals surface area (Å²) in [6.45, 7) is 8.39. The van der Waals surface area contributed by atoms with Crippen LogP contribution in [0, 0.1) is 5.92 Å². The second kappa shape index (κ2) is 3.77. The molecule has 1 rings (SSSR count). The Balaban J connectivity index is 2.48. The van der Waals surface area contributed by atoms with E-state index in [1.165, 1.54) is 0 Å². The van der Waals surface area contributed by atoms with Gasteiger partial charge in [0.2, 0.25) is 0 Å². The topological polar surface area (TPSA) is 49.8 Å². The van der Waals surface area contributed by atoms with E-state index in [1.807, 2.05) is 27.7 Å². The predicted molar refractivity (Wildman–Crippen MR) is 53.0 cm³/mol. The number of nitrogens with zero attached hydrogens (tertiary/aromatic N) is 1. The van der Waals surface area contributed by atoms with E-state index in [0.29, 0.717) is 13.1 Å². The fraction of sp³-hybridized carbons (Fsp3) is 0.900. The van der Waals surface area contributed by atoms with Crippen molar-refractivity contribution in [2.45, 2.75) is 39.4 Å². The van der Waals surface area contributed by atoms with Crippen molar-refractivity contribution >= 4 is 6.09 Å². The second-order valence-corrected chi connectivity index (χ2v) is 4.93. The maximum Gasteiger partial charge on any atom is 0.410 e. The summed E-state index contributed by atoms with van der Waals surface area (Å²) in [5.41, 5.74) is -0.464. The molecule has 82 valence electrons. The lowest BCUT2D eigenvalue weighted by Gasteiger charge is -2.24. The summed E-state index contributed by atoms with van der Waals surface area (Å²) in [6.07, 6.45) is -0.747. The van der Waals surface area contributed by atoms with Gasteiger partial charge < -0.3 is 14.7 Å². The molecule has 4 nitrogen and oxygen atoms in total. The quantitative estimate of drug-likeness (QED) is 0.641. The van der Waals surface area contributed by atoms with Gasteiger partial charge >= 0.3 is 6.09 Å². The number of carbonyl (C=O) groups excluding carboxylic acids is 1. The fourth-order valence-corrected chi connectivity index (χ4v) is 1.43. The van der Waals surface area contributed by atoms with Crippen LogP contribution in [0.1, 0.15) is 27.7 Å². The van der Waals surface area contributed by atoms with Crippen LogP contribution in [-0.4, -0.2) is 40.9 Å². The summed E-state index contributed by atoms with van der Waals surface area (Å²) in [4.78, 5) is 13.1. The normalized spacial score (nSPS) is 27.9. The number of rotatable bonds is 0. The van der Waals surface area contributed by atoms with Crippen molar-refractivity contribution in [3.05, 3.63) is 0 Å². The molecule has 0 radical (unpaired) electrons. The van der Waals surface area contributed by atoms with Crippen LogP contribution in [0.4, 0.5) is 4.79 Å². The molecule has 0 bridgehead atoms. The van der Waals surface area contributed by atoms with Gasteiger partial charge in [-0.1, -0.05) is 6.92 Å². The van der Waals surface area contributed by atoms with E-state index in [0.717, 1.165) is 0 Å². The van der Waals surface area contributed by atoms with Gasteiger partial charge in [-0.05, 0) is 20.8 Å². The van der Waals surface area contributed by atoms with E-state index in [2.05, 4.69) is 0 Å². The number of β-amino-alcohol motifs (C(OH)–C–C–N with tert-alkyl or cyclic N) is 1. The van der Waals surface area contributed by atoms with Crippen molar-refractivity contribution in [3.63, 3.8) is 0 Å². The monoisotopic (exact) mass is 201 g/mol. The molecule has 14 heavy (non-hydrogen) atoms. The van der Waals surface area contributed by atoms with E-state index in [4.69, 9.17) is 4.74 Å². The number of hydrogen-bond donors (Lipinski definition) is 1. The summed E-state index contributed by atoms with van der Waals surface area (Å²) < 4.78 is 5.19. The van der Waals surface area contributed by atoms with Crippen molar-refractivity contribution in [3.8, 4) is 0 Å². The molecular formula is C10H19NO3. The first-order chi connectivity index (χ1) is 6.29. The summed E-state index contributed by atoms with van der Waals surface area (Å²) >= 11 is 0. The highest BCUT2D eigenvalue weighted by Crippen LogP contribution is 2.19. The lowest BCUT2D eigenvalue weighted by molar-refractivity contribution is 0.0270.